The third kappa shape index (κ3) is 5.88. The van der Waals surface area contributed by atoms with Crippen molar-refractivity contribution >= 4 is 11.9 Å². The molecule has 1 rings (SSSR count). The van der Waals surface area contributed by atoms with Gasteiger partial charge in [0.05, 0.1) is 0 Å². The summed E-state index contributed by atoms with van der Waals surface area (Å²) in [5, 5.41) is 6.13. The largest absolute Gasteiger partial charge is 0.448 e. The van der Waals surface area contributed by atoms with Gasteiger partial charge in [0.2, 0.25) is 6.10 Å². The summed E-state index contributed by atoms with van der Waals surface area (Å²) in [4.78, 5) is 23.5. The van der Waals surface area contributed by atoms with Crippen LogP contribution in [0.3, 0.4) is 0 Å². The molecule has 6 heteroatoms. The van der Waals surface area contributed by atoms with Gasteiger partial charge in [-0.1, -0.05) is 13.3 Å². The average Bonchev–Trinajstić information content (AvgIpc) is 2.44. The molecular formula is C14H26N2O4. The summed E-state index contributed by atoms with van der Waals surface area (Å²) < 4.78 is 10.3. The Labute approximate surface area is 120 Å². The number of cyclic esters (lactones) is 2. The predicted octanol–water partition coefficient (Wildman–Crippen LogP) is 0.603. The normalized spacial score (nSPS) is 22.5. The van der Waals surface area contributed by atoms with Crippen LogP contribution in [-0.4, -0.2) is 50.8 Å². The molecule has 1 aliphatic rings. The molecule has 0 aromatic carbocycles. The lowest BCUT2D eigenvalue weighted by atomic mass is 10.1. The zero-order chi connectivity index (χ0) is 14.8. The number of ether oxygens (including phenoxy) is 2. The second-order valence-corrected chi connectivity index (χ2v) is 5.01. The van der Waals surface area contributed by atoms with Gasteiger partial charge in [0.15, 0.2) is 6.10 Å². The maximum absolute atomic E-state index is 11.8. The molecule has 0 aliphatic carbocycles. The van der Waals surface area contributed by atoms with Crippen molar-refractivity contribution in [1.82, 2.24) is 10.6 Å². The molecule has 20 heavy (non-hydrogen) atoms. The Balaban J connectivity index is 2.26. The number of hydrogen-bond acceptors (Lipinski definition) is 6. The zero-order valence-electron chi connectivity index (χ0n) is 12.4. The molecule has 116 valence electrons. The summed E-state index contributed by atoms with van der Waals surface area (Å²) >= 11 is 0. The van der Waals surface area contributed by atoms with E-state index in [4.69, 9.17) is 9.47 Å². The third-order valence-electron chi connectivity index (χ3n) is 3.22. The van der Waals surface area contributed by atoms with Crippen molar-refractivity contribution in [3.63, 3.8) is 0 Å². The van der Waals surface area contributed by atoms with Crippen LogP contribution in [0.1, 0.15) is 39.0 Å². The lowest BCUT2D eigenvalue weighted by molar-refractivity contribution is -0.195. The number of rotatable bonds is 10. The van der Waals surface area contributed by atoms with Crippen molar-refractivity contribution in [1.29, 1.82) is 0 Å². The molecule has 1 aliphatic heterocycles. The van der Waals surface area contributed by atoms with E-state index in [1.54, 1.807) is 0 Å². The first kappa shape index (κ1) is 16.9. The van der Waals surface area contributed by atoms with Gasteiger partial charge in [0, 0.05) is 6.54 Å². The minimum absolute atomic E-state index is 0.330. The maximum Gasteiger partial charge on any atom is 0.349 e. The number of nitrogens with one attached hydrogen (secondary N) is 2. The lowest BCUT2D eigenvalue weighted by Gasteiger charge is -2.27. The Morgan fingerprint density at radius 2 is 1.70 bits per heavy atom. The average molecular weight is 286 g/mol. The number of hydrogen-bond donors (Lipinski definition) is 2. The van der Waals surface area contributed by atoms with Crippen molar-refractivity contribution in [3.8, 4) is 0 Å². The maximum atomic E-state index is 11.8. The quantitative estimate of drug-likeness (QED) is 0.452. The molecule has 0 spiro atoms. The fourth-order valence-corrected chi connectivity index (χ4v) is 2.00. The van der Waals surface area contributed by atoms with Crippen LogP contribution in [0.4, 0.5) is 0 Å². The first-order chi connectivity index (χ1) is 9.69. The Morgan fingerprint density at radius 3 is 2.40 bits per heavy atom. The summed E-state index contributed by atoms with van der Waals surface area (Å²) in [6.45, 7) is 4.12. The van der Waals surface area contributed by atoms with Crippen molar-refractivity contribution < 1.29 is 19.1 Å². The molecule has 2 N–H and O–H groups in total. The van der Waals surface area contributed by atoms with E-state index in [0.29, 0.717) is 13.0 Å². The van der Waals surface area contributed by atoms with Crippen LogP contribution >= 0.6 is 0 Å². The Hall–Kier alpha value is -1.14. The van der Waals surface area contributed by atoms with Gasteiger partial charge in [-0.15, -0.1) is 0 Å². The Kier molecular flexibility index (Phi) is 8.22. The molecular weight excluding hydrogens is 260 g/mol. The summed E-state index contributed by atoms with van der Waals surface area (Å²) in [6.07, 6.45) is 2.88. The van der Waals surface area contributed by atoms with Gasteiger partial charge in [-0.3, -0.25) is 0 Å². The fraction of sp³-hybridized carbons (Fsp3) is 0.857. The van der Waals surface area contributed by atoms with E-state index < -0.39 is 24.1 Å². The van der Waals surface area contributed by atoms with Gasteiger partial charge in [-0.2, -0.15) is 0 Å². The molecule has 0 amide bonds. The highest BCUT2D eigenvalue weighted by Crippen LogP contribution is 2.15. The van der Waals surface area contributed by atoms with E-state index in [-0.39, 0.29) is 0 Å². The van der Waals surface area contributed by atoms with Crippen LogP contribution in [-0.2, 0) is 19.1 Å². The molecule has 1 saturated heterocycles. The first-order valence-corrected chi connectivity index (χ1v) is 7.45. The molecule has 2 unspecified atom stereocenters. The van der Waals surface area contributed by atoms with Crippen LogP contribution in [0.5, 0.6) is 0 Å². The molecule has 6 nitrogen and oxygen atoms in total. The van der Waals surface area contributed by atoms with Crippen LogP contribution in [0, 0.1) is 0 Å². The molecule has 1 fully saturated rings. The van der Waals surface area contributed by atoms with Crippen LogP contribution in [0.25, 0.3) is 0 Å². The van der Waals surface area contributed by atoms with Gasteiger partial charge in [0.25, 0.3) is 0 Å². The van der Waals surface area contributed by atoms with Crippen molar-refractivity contribution in [2.24, 2.45) is 0 Å². The summed E-state index contributed by atoms with van der Waals surface area (Å²) in [5.41, 5.74) is 0. The highest BCUT2D eigenvalue weighted by molar-refractivity contribution is 5.87. The van der Waals surface area contributed by atoms with E-state index in [1.807, 2.05) is 7.05 Å². The van der Waals surface area contributed by atoms with Gasteiger partial charge in [0.1, 0.15) is 0 Å². The minimum Gasteiger partial charge on any atom is -0.448 e. The first-order valence-electron chi connectivity index (χ1n) is 7.45. The minimum atomic E-state index is -0.798. The van der Waals surface area contributed by atoms with Gasteiger partial charge in [-0.25, -0.2) is 9.59 Å². The highest BCUT2D eigenvalue weighted by Gasteiger charge is 2.37. The van der Waals surface area contributed by atoms with Crippen molar-refractivity contribution in [2.45, 2.75) is 51.2 Å². The van der Waals surface area contributed by atoms with Gasteiger partial charge >= 0.3 is 11.9 Å². The highest BCUT2D eigenvalue weighted by atomic mass is 16.6. The summed E-state index contributed by atoms with van der Waals surface area (Å²) in [6, 6.07) is 0. The molecule has 0 aromatic rings. The SMILES string of the molecule is CCCCNCC1OC(=O)C(CCCCNC)OC1=O. The van der Waals surface area contributed by atoms with E-state index >= 15 is 0 Å². The molecule has 0 saturated carbocycles. The topological polar surface area (TPSA) is 76.7 Å². The van der Waals surface area contributed by atoms with Gasteiger partial charge < -0.3 is 20.1 Å². The standard InChI is InChI=1S/C14H26N2O4/c1-3-4-9-16-10-12-14(18)19-11(13(17)20-12)7-5-6-8-15-2/h11-12,15-16H,3-10H2,1-2H3. The lowest BCUT2D eigenvalue weighted by Crippen LogP contribution is -2.48. The number of esters is 2. The van der Waals surface area contributed by atoms with Crippen molar-refractivity contribution in [3.05, 3.63) is 0 Å². The van der Waals surface area contributed by atoms with Crippen LogP contribution in [0.2, 0.25) is 0 Å². The third-order valence-corrected chi connectivity index (χ3v) is 3.22. The van der Waals surface area contributed by atoms with Crippen molar-refractivity contribution in [2.75, 3.05) is 26.7 Å². The van der Waals surface area contributed by atoms with E-state index in [2.05, 4.69) is 17.6 Å². The van der Waals surface area contributed by atoms with E-state index in [9.17, 15) is 9.59 Å². The second-order valence-electron chi connectivity index (χ2n) is 5.01. The zero-order valence-corrected chi connectivity index (χ0v) is 12.4. The summed E-state index contributed by atoms with van der Waals surface area (Å²) in [7, 11) is 1.88. The van der Waals surface area contributed by atoms with Gasteiger partial charge in [-0.05, 0) is 45.8 Å². The van der Waals surface area contributed by atoms with Crippen LogP contribution in [0.15, 0.2) is 0 Å². The summed E-state index contributed by atoms with van der Waals surface area (Å²) in [5.74, 6) is -0.858. The van der Waals surface area contributed by atoms with E-state index in [0.717, 1.165) is 38.8 Å². The molecule has 0 bridgehead atoms. The Morgan fingerprint density at radius 1 is 1.00 bits per heavy atom. The number of unbranched alkanes of at least 4 members (excludes halogenated alkanes) is 2. The molecule has 1 heterocycles. The smallest absolute Gasteiger partial charge is 0.349 e. The number of carbonyl (C=O) groups is 2. The Bertz CT molecular complexity index is 280. The van der Waals surface area contributed by atoms with E-state index in [1.165, 1.54) is 0 Å². The monoisotopic (exact) mass is 286 g/mol. The van der Waals surface area contributed by atoms with Crippen LogP contribution < -0.4 is 10.6 Å². The number of carbonyl (C=O) groups excluding carboxylic acids is 2. The molecule has 0 aromatic heterocycles. The predicted molar refractivity (Wildman–Crippen MR) is 75.3 cm³/mol. The second kappa shape index (κ2) is 9.72. The fourth-order valence-electron chi connectivity index (χ4n) is 2.00. The molecule has 2 atom stereocenters. The molecule has 0 radical (unpaired) electrons.